The molecular weight excluding hydrogens is 396 g/mol. The summed E-state index contributed by atoms with van der Waals surface area (Å²) in [6.07, 6.45) is 2.02. The van der Waals surface area contributed by atoms with Gasteiger partial charge in [0.1, 0.15) is 5.75 Å². The third-order valence-electron chi connectivity index (χ3n) is 5.84. The summed E-state index contributed by atoms with van der Waals surface area (Å²) < 4.78 is 5.92. The van der Waals surface area contributed by atoms with Gasteiger partial charge in [-0.1, -0.05) is 54.1 Å². The number of nitrogens with zero attached hydrogens (tertiary/aromatic N) is 1. The number of aryl methyl sites for hydroxylation is 3. The fourth-order valence-electron chi connectivity index (χ4n) is 4.34. The fourth-order valence-corrected chi connectivity index (χ4v) is 4.34. The van der Waals surface area contributed by atoms with Crippen LogP contribution in [0.25, 0.3) is 10.9 Å². The number of para-hydroxylation sites is 1. The molecule has 32 heavy (non-hydrogen) atoms. The lowest BCUT2D eigenvalue weighted by Crippen LogP contribution is -2.38. The van der Waals surface area contributed by atoms with Gasteiger partial charge in [0.15, 0.2) is 6.61 Å². The Bertz CT molecular complexity index is 1200. The molecule has 0 aliphatic rings. The maximum Gasteiger partial charge on any atom is 0.261 e. The van der Waals surface area contributed by atoms with Crippen LogP contribution in [-0.4, -0.2) is 28.9 Å². The van der Waals surface area contributed by atoms with E-state index in [-0.39, 0.29) is 18.6 Å². The van der Waals surface area contributed by atoms with Gasteiger partial charge < -0.3 is 14.6 Å². The van der Waals surface area contributed by atoms with Crippen molar-refractivity contribution in [1.82, 2.24) is 9.88 Å². The number of rotatable bonds is 7. The van der Waals surface area contributed by atoms with Gasteiger partial charge in [-0.25, -0.2) is 0 Å². The average Bonchev–Trinajstić information content (AvgIpc) is 3.20. The van der Waals surface area contributed by atoms with Crippen molar-refractivity contribution >= 4 is 16.8 Å². The van der Waals surface area contributed by atoms with Crippen LogP contribution in [-0.2, 0) is 4.79 Å². The Morgan fingerprint density at radius 2 is 1.62 bits per heavy atom. The maximum absolute atomic E-state index is 13.4. The molecule has 0 saturated carbocycles. The first kappa shape index (κ1) is 21.7. The first-order valence-electron chi connectivity index (χ1n) is 11.1. The predicted octanol–water partition coefficient (Wildman–Crippen LogP) is 6.11. The summed E-state index contributed by atoms with van der Waals surface area (Å²) in [5, 5.41) is 1.12. The van der Waals surface area contributed by atoms with Crippen molar-refractivity contribution in [3.8, 4) is 5.75 Å². The van der Waals surface area contributed by atoms with E-state index in [2.05, 4.69) is 54.4 Å². The van der Waals surface area contributed by atoms with Crippen molar-refractivity contribution in [2.24, 2.45) is 0 Å². The van der Waals surface area contributed by atoms with Crippen LogP contribution >= 0.6 is 0 Å². The van der Waals surface area contributed by atoms with Crippen molar-refractivity contribution < 1.29 is 9.53 Å². The largest absolute Gasteiger partial charge is 0.484 e. The van der Waals surface area contributed by atoms with Crippen LogP contribution in [0.5, 0.6) is 5.75 Å². The summed E-state index contributed by atoms with van der Waals surface area (Å²) in [4.78, 5) is 18.7. The number of carbonyl (C=O) groups is 1. The molecule has 3 aromatic carbocycles. The van der Waals surface area contributed by atoms with Crippen LogP contribution in [0.2, 0.25) is 0 Å². The van der Waals surface area contributed by atoms with Crippen molar-refractivity contribution in [2.75, 3.05) is 13.2 Å². The van der Waals surface area contributed by atoms with E-state index >= 15 is 0 Å². The summed E-state index contributed by atoms with van der Waals surface area (Å²) in [6.45, 7) is 8.74. The molecule has 0 aliphatic carbocycles. The number of nitrogens with one attached hydrogen (secondary N) is 1. The van der Waals surface area contributed by atoms with Crippen LogP contribution in [0, 0.1) is 20.8 Å². The third-order valence-corrected chi connectivity index (χ3v) is 5.84. The maximum atomic E-state index is 13.4. The predicted molar refractivity (Wildman–Crippen MR) is 130 cm³/mol. The number of aromatic amines is 1. The quantitative estimate of drug-likeness (QED) is 0.387. The van der Waals surface area contributed by atoms with E-state index in [0.29, 0.717) is 6.54 Å². The molecule has 4 heteroatoms. The zero-order valence-electron chi connectivity index (χ0n) is 19.2. The van der Waals surface area contributed by atoms with E-state index in [1.165, 1.54) is 5.56 Å². The molecule has 0 spiro atoms. The molecule has 4 rings (SSSR count). The average molecular weight is 427 g/mol. The number of fused-ring (bicyclic) bond motifs is 1. The number of carbonyl (C=O) groups excluding carboxylic acids is 1. The second kappa shape index (κ2) is 9.31. The second-order valence-electron chi connectivity index (χ2n) is 8.39. The molecule has 0 radical (unpaired) electrons. The molecule has 1 atom stereocenters. The van der Waals surface area contributed by atoms with Gasteiger partial charge in [0.2, 0.25) is 0 Å². The van der Waals surface area contributed by atoms with Crippen molar-refractivity contribution in [2.45, 2.75) is 33.7 Å². The van der Waals surface area contributed by atoms with Gasteiger partial charge in [-0.15, -0.1) is 0 Å². The molecule has 4 nitrogen and oxygen atoms in total. The SMILES string of the molecule is CCN(C(=O)COc1cc(C)cc(C)c1)[C@H](c1ccc(C)cc1)c1c[nH]c2ccccc12. The van der Waals surface area contributed by atoms with E-state index < -0.39 is 0 Å². The van der Waals surface area contributed by atoms with Crippen molar-refractivity contribution in [3.63, 3.8) is 0 Å². The van der Waals surface area contributed by atoms with Gasteiger partial charge in [0.25, 0.3) is 5.91 Å². The number of hydrogen-bond acceptors (Lipinski definition) is 2. The van der Waals surface area contributed by atoms with E-state index in [1.807, 2.05) is 56.1 Å². The van der Waals surface area contributed by atoms with Gasteiger partial charge in [-0.3, -0.25) is 4.79 Å². The zero-order chi connectivity index (χ0) is 22.7. The van der Waals surface area contributed by atoms with E-state index in [1.54, 1.807) is 0 Å². The standard InChI is InChI=1S/C28H30N2O2/c1-5-30(27(31)18-32-23-15-20(3)14-21(4)16-23)28(22-12-10-19(2)11-13-22)25-17-29-26-9-7-6-8-24(25)26/h6-17,28-29H,5,18H2,1-4H3/t28-/m1/s1. The zero-order valence-corrected chi connectivity index (χ0v) is 19.2. The van der Waals surface area contributed by atoms with Crippen LogP contribution in [0.3, 0.4) is 0 Å². The summed E-state index contributed by atoms with van der Waals surface area (Å²) in [6, 6.07) is 22.5. The number of benzene rings is 3. The molecule has 1 heterocycles. The van der Waals surface area contributed by atoms with Gasteiger partial charge in [-0.05, 0) is 62.6 Å². The minimum absolute atomic E-state index is 0.00144. The molecular formula is C28H30N2O2. The van der Waals surface area contributed by atoms with Crippen LogP contribution in [0.1, 0.15) is 40.8 Å². The first-order chi connectivity index (χ1) is 15.5. The number of likely N-dealkylation sites (N-methyl/N-ethyl adjacent to an activating group) is 1. The fraction of sp³-hybridized carbons (Fsp3) is 0.250. The van der Waals surface area contributed by atoms with E-state index in [9.17, 15) is 4.79 Å². The normalized spacial score (nSPS) is 12.0. The number of amides is 1. The van der Waals surface area contributed by atoms with E-state index in [0.717, 1.165) is 38.9 Å². The molecule has 0 bridgehead atoms. The molecule has 1 amide bonds. The van der Waals surface area contributed by atoms with Crippen molar-refractivity contribution in [3.05, 3.63) is 101 Å². The van der Waals surface area contributed by atoms with Crippen LogP contribution in [0.4, 0.5) is 0 Å². The highest BCUT2D eigenvalue weighted by atomic mass is 16.5. The minimum atomic E-state index is -0.202. The Morgan fingerprint density at radius 1 is 0.938 bits per heavy atom. The highest BCUT2D eigenvalue weighted by Gasteiger charge is 2.28. The molecule has 1 aromatic heterocycles. The highest BCUT2D eigenvalue weighted by molar-refractivity contribution is 5.86. The summed E-state index contributed by atoms with van der Waals surface area (Å²) in [7, 11) is 0. The van der Waals surface area contributed by atoms with Gasteiger partial charge >= 0.3 is 0 Å². The smallest absolute Gasteiger partial charge is 0.261 e. The van der Waals surface area contributed by atoms with Gasteiger partial charge in [0, 0.05) is 29.2 Å². The van der Waals surface area contributed by atoms with E-state index in [4.69, 9.17) is 4.74 Å². The monoisotopic (exact) mass is 426 g/mol. The molecule has 164 valence electrons. The number of ether oxygens (including phenoxy) is 1. The summed E-state index contributed by atoms with van der Waals surface area (Å²) >= 11 is 0. The first-order valence-corrected chi connectivity index (χ1v) is 11.1. The Balaban J connectivity index is 1.68. The van der Waals surface area contributed by atoms with Crippen molar-refractivity contribution in [1.29, 1.82) is 0 Å². The van der Waals surface area contributed by atoms with Crippen LogP contribution in [0.15, 0.2) is 72.9 Å². The van der Waals surface area contributed by atoms with Gasteiger partial charge in [0.05, 0.1) is 6.04 Å². The lowest BCUT2D eigenvalue weighted by Gasteiger charge is -2.31. The van der Waals surface area contributed by atoms with Gasteiger partial charge in [-0.2, -0.15) is 0 Å². The molecule has 0 aliphatic heterocycles. The highest BCUT2D eigenvalue weighted by Crippen LogP contribution is 2.34. The Morgan fingerprint density at radius 3 is 2.31 bits per heavy atom. The number of aromatic nitrogens is 1. The third kappa shape index (κ3) is 4.54. The Kier molecular flexibility index (Phi) is 6.31. The Labute approximate surface area is 189 Å². The molecule has 0 fully saturated rings. The molecule has 1 N–H and O–H groups in total. The molecule has 0 saturated heterocycles. The molecule has 4 aromatic rings. The topological polar surface area (TPSA) is 45.3 Å². The lowest BCUT2D eigenvalue weighted by molar-refractivity contribution is -0.134. The lowest BCUT2D eigenvalue weighted by atomic mass is 9.95. The number of H-pyrrole nitrogens is 1. The molecule has 0 unspecified atom stereocenters. The number of hydrogen-bond donors (Lipinski definition) is 1. The Hall–Kier alpha value is -3.53. The van der Waals surface area contributed by atoms with Crippen LogP contribution < -0.4 is 4.74 Å². The second-order valence-corrected chi connectivity index (χ2v) is 8.39. The summed E-state index contributed by atoms with van der Waals surface area (Å²) in [5.41, 5.74) is 6.67. The summed E-state index contributed by atoms with van der Waals surface area (Å²) in [5.74, 6) is 0.688. The minimum Gasteiger partial charge on any atom is -0.484 e.